The summed E-state index contributed by atoms with van der Waals surface area (Å²) in [4.78, 5) is 1.61. The molecule has 96 valence electrons. The molecule has 1 nitrogen and oxygen atoms in total. The lowest BCUT2D eigenvalue weighted by Crippen LogP contribution is -2.23. The predicted molar refractivity (Wildman–Crippen MR) is 68.8 cm³/mol. The Hall–Kier alpha value is -1.26. The number of rotatable bonds is 2. The Labute approximate surface area is 109 Å². The van der Waals surface area contributed by atoms with Crippen LogP contribution in [0.5, 0.6) is 0 Å². The van der Waals surface area contributed by atoms with E-state index in [-0.39, 0.29) is 11.1 Å². The van der Waals surface area contributed by atoms with Crippen LogP contribution in [0.2, 0.25) is 0 Å². The normalized spacial score (nSPS) is 14.6. The van der Waals surface area contributed by atoms with Gasteiger partial charge in [-0.1, -0.05) is 12.1 Å². The van der Waals surface area contributed by atoms with E-state index in [1.165, 1.54) is 37.3 Å². The van der Waals surface area contributed by atoms with E-state index in [9.17, 15) is 13.9 Å². The average Bonchev–Trinajstić information content (AvgIpc) is 2.73. The van der Waals surface area contributed by atoms with Gasteiger partial charge in [0.2, 0.25) is 0 Å². The van der Waals surface area contributed by atoms with Crippen molar-refractivity contribution in [3.05, 3.63) is 56.8 Å². The number of benzene rings is 1. The first-order valence-electron chi connectivity index (χ1n) is 5.58. The van der Waals surface area contributed by atoms with E-state index in [0.717, 1.165) is 4.88 Å². The number of thiophene rings is 1. The van der Waals surface area contributed by atoms with Gasteiger partial charge < -0.3 is 5.11 Å². The van der Waals surface area contributed by atoms with Crippen molar-refractivity contribution < 1.29 is 13.9 Å². The van der Waals surface area contributed by atoms with Crippen LogP contribution in [0, 0.1) is 25.5 Å². The van der Waals surface area contributed by atoms with E-state index in [1.54, 1.807) is 6.07 Å². The molecule has 18 heavy (non-hydrogen) atoms. The lowest BCUT2D eigenvalue weighted by atomic mass is 9.92. The monoisotopic (exact) mass is 268 g/mol. The highest BCUT2D eigenvalue weighted by Gasteiger charge is 2.31. The molecule has 0 amide bonds. The first kappa shape index (κ1) is 13.2. The van der Waals surface area contributed by atoms with Crippen LogP contribution in [-0.4, -0.2) is 5.11 Å². The lowest BCUT2D eigenvalue weighted by molar-refractivity contribution is 0.101. The van der Waals surface area contributed by atoms with E-state index in [4.69, 9.17) is 0 Å². The number of halogens is 2. The Kier molecular flexibility index (Phi) is 3.25. The summed E-state index contributed by atoms with van der Waals surface area (Å²) in [6.07, 6.45) is 0. The molecule has 1 aromatic heterocycles. The fourth-order valence-corrected chi connectivity index (χ4v) is 2.78. The molecular formula is C14H14F2OS. The standard InChI is InChI=1S/C14H14F2OS/c1-8-4-6-10(13(16)12(8)15)14(3,17)11-7-5-9(2)18-11/h4-7,17H,1-3H3. The number of aliphatic hydroxyl groups is 1. The van der Waals surface area contributed by atoms with Gasteiger partial charge in [-0.3, -0.25) is 0 Å². The SMILES string of the molecule is Cc1ccc(C(C)(O)c2ccc(C)c(F)c2F)s1. The average molecular weight is 268 g/mol. The molecule has 0 saturated heterocycles. The van der Waals surface area contributed by atoms with Gasteiger partial charge in [0, 0.05) is 15.3 Å². The molecule has 0 radical (unpaired) electrons. The molecule has 2 rings (SSSR count). The zero-order chi connectivity index (χ0) is 13.5. The van der Waals surface area contributed by atoms with Gasteiger partial charge in [-0.25, -0.2) is 8.78 Å². The molecule has 0 saturated carbocycles. The quantitative estimate of drug-likeness (QED) is 0.875. The molecule has 1 aromatic carbocycles. The minimum atomic E-state index is -1.52. The Morgan fingerprint density at radius 2 is 1.72 bits per heavy atom. The maximum absolute atomic E-state index is 13.9. The number of aryl methyl sites for hydroxylation is 2. The zero-order valence-electron chi connectivity index (χ0n) is 10.4. The van der Waals surface area contributed by atoms with Gasteiger partial charge in [-0.05, 0) is 38.5 Å². The van der Waals surface area contributed by atoms with Crippen molar-refractivity contribution in [3.8, 4) is 0 Å². The summed E-state index contributed by atoms with van der Waals surface area (Å²) < 4.78 is 27.5. The van der Waals surface area contributed by atoms with Crippen LogP contribution < -0.4 is 0 Å². The van der Waals surface area contributed by atoms with Gasteiger partial charge in [0.05, 0.1) is 0 Å². The second-order valence-electron chi connectivity index (χ2n) is 4.54. The number of hydrogen-bond donors (Lipinski definition) is 1. The highest BCUT2D eigenvalue weighted by atomic mass is 32.1. The second kappa shape index (κ2) is 4.44. The van der Waals surface area contributed by atoms with Crippen LogP contribution in [0.4, 0.5) is 8.78 Å². The van der Waals surface area contributed by atoms with Gasteiger partial charge in [0.1, 0.15) is 5.60 Å². The third-order valence-electron chi connectivity index (χ3n) is 3.02. The summed E-state index contributed by atoms with van der Waals surface area (Å²) in [7, 11) is 0. The van der Waals surface area contributed by atoms with Crippen LogP contribution in [-0.2, 0) is 5.60 Å². The molecule has 0 bridgehead atoms. The van der Waals surface area contributed by atoms with Crippen molar-refractivity contribution in [1.82, 2.24) is 0 Å². The maximum Gasteiger partial charge on any atom is 0.165 e. The van der Waals surface area contributed by atoms with Crippen LogP contribution in [0.3, 0.4) is 0 Å². The molecule has 1 heterocycles. The van der Waals surface area contributed by atoms with Gasteiger partial charge in [0.15, 0.2) is 11.6 Å². The van der Waals surface area contributed by atoms with E-state index >= 15 is 0 Å². The predicted octanol–water partition coefficient (Wildman–Crippen LogP) is 3.90. The molecule has 0 aliphatic carbocycles. The second-order valence-corrected chi connectivity index (χ2v) is 5.83. The Morgan fingerprint density at radius 1 is 1.06 bits per heavy atom. The summed E-state index contributed by atoms with van der Waals surface area (Å²) in [5, 5.41) is 10.5. The van der Waals surface area contributed by atoms with Crippen LogP contribution >= 0.6 is 11.3 Å². The molecule has 0 spiro atoms. The molecule has 2 aromatic rings. The van der Waals surface area contributed by atoms with Gasteiger partial charge in [-0.2, -0.15) is 0 Å². The van der Waals surface area contributed by atoms with Crippen LogP contribution in [0.15, 0.2) is 24.3 Å². The largest absolute Gasteiger partial charge is 0.380 e. The molecule has 1 atom stereocenters. The van der Waals surface area contributed by atoms with E-state index in [2.05, 4.69) is 0 Å². The van der Waals surface area contributed by atoms with Gasteiger partial charge in [-0.15, -0.1) is 11.3 Å². The fraction of sp³-hybridized carbons (Fsp3) is 0.286. The summed E-state index contributed by atoms with van der Waals surface area (Å²) in [6, 6.07) is 6.49. The molecule has 1 N–H and O–H groups in total. The van der Waals surface area contributed by atoms with E-state index in [0.29, 0.717) is 4.88 Å². The summed E-state index contributed by atoms with van der Waals surface area (Å²) in [5.41, 5.74) is -1.32. The fourth-order valence-electron chi connectivity index (χ4n) is 1.85. The molecule has 1 unspecified atom stereocenters. The van der Waals surface area contributed by atoms with E-state index < -0.39 is 17.2 Å². The molecule has 0 aliphatic rings. The highest BCUT2D eigenvalue weighted by molar-refractivity contribution is 7.12. The van der Waals surface area contributed by atoms with Crippen molar-refractivity contribution in [1.29, 1.82) is 0 Å². The van der Waals surface area contributed by atoms with Crippen LogP contribution in [0.25, 0.3) is 0 Å². The maximum atomic E-state index is 13.9. The topological polar surface area (TPSA) is 20.2 Å². The summed E-state index contributed by atoms with van der Waals surface area (Å²) >= 11 is 1.37. The highest BCUT2D eigenvalue weighted by Crippen LogP contribution is 2.36. The van der Waals surface area contributed by atoms with Crippen molar-refractivity contribution in [2.24, 2.45) is 0 Å². The van der Waals surface area contributed by atoms with Gasteiger partial charge >= 0.3 is 0 Å². The van der Waals surface area contributed by atoms with Crippen molar-refractivity contribution in [2.75, 3.05) is 0 Å². The van der Waals surface area contributed by atoms with Crippen LogP contribution in [0.1, 0.15) is 27.8 Å². The van der Waals surface area contributed by atoms with Crippen molar-refractivity contribution >= 4 is 11.3 Å². The van der Waals surface area contributed by atoms with Gasteiger partial charge in [0.25, 0.3) is 0 Å². The first-order valence-corrected chi connectivity index (χ1v) is 6.40. The molecule has 4 heteroatoms. The molecule has 0 aliphatic heterocycles. The zero-order valence-corrected chi connectivity index (χ0v) is 11.2. The molecule has 0 fully saturated rings. The lowest BCUT2D eigenvalue weighted by Gasteiger charge is -2.23. The van der Waals surface area contributed by atoms with Crippen molar-refractivity contribution in [3.63, 3.8) is 0 Å². The Morgan fingerprint density at radius 3 is 2.28 bits per heavy atom. The first-order chi connectivity index (χ1) is 8.34. The summed E-state index contributed by atoms with van der Waals surface area (Å²) in [5.74, 6) is -1.88. The smallest absolute Gasteiger partial charge is 0.165 e. The Bertz CT molecular complexity index is 587. The number of hydrogen-bond acceptors (Lipinski definition) is 2. The minimum absolute atomic E-state index is 0.0348. The summed E-state index contributed by atoms with van der Waals surface area (Å²) in [6.45, 7) is 4.87. The van der Waals surface area contributed by atoms with E-state index in [1.807, 2.05) is 13.0 Å². The third kappa shape index (κ3) is 2.06. The molecular weight excluding hydrogens is 254 g/mol. The Balaban J connectivity index is 2.57. The van der Waals surface area contributed by atoms with Crippen molar-refractivity contribution in [2.45, 2.75) is 26.4 Å². The third-order valence-corrected chi connectivity index (χ3v) is 4.23. The minimum Gasteiger partial charge on any atom is -0.380 e.